The van der Waals surface area contributed by atoms with E-state index in [0.29, 0.717) is 0 Å². The molecule has 0 N–H and O–H groups in total. The Bertz CT molecular complexity index is 302. The first kappa shape index (κ1) is 8.91. The maximum atomic E-state index is 10.1. The Kier molecular flexibility index (Phi) is 2.58. The van der Waals surface area contributed by atoms with Crippen molar-refractivity contribution in [3.63, 3.8) is 0 Å². The van der Waals surface area contributed by atoms with Crippen LogP contribution in [0.5, 0.6) is 0 Å². The first-order chi connectivity index (χ1) is 5.67. The summed E-state index contributed by atoms with van der Waals surface area (Å²) in [6.07, 6.45) is 1.64. The van der Waals surface area contributed by atoms with Crippen molar-refractivity contribution in [2.75, 3.05) is 0 Å². The second-order valence-electron chi connectivity index (χ2n) is 3.13. The summed E-state index contributed by atoms with van der Waals surface area (Å²) < 4.78 is 3.86. The minimum Gasteiger partial charge on any atom is -0.242 e. The number of carbonyl (C=O) groups excluding carboxylic acids is 1. The molecule has 1 rings (SSSR count). The van der Waals surface area contributed by atoms with Crippen LogP contribution < -0.4 is 5.19 Å². The van der Waals surface area contributed by atoms with Gasteiger partial charge >= 0.3 is 0 Å². The molecular formula is C9H11NOSi. The fraction of sp³-hybridized carbons (Fsp3) is 0.222. The third-order valence-electron chi connectivity index (χ3n) is 1.81. The number of benzene rings is 1. The van der Waals surface area contributed by atoms with Crippen LogP contribution in [0.15, 0.2) is 35.0 Å². The van der Waals surface area contributed by atoms with Gasteiger partial charge in [0.2, 0.25) is 14.3 Å². The molecule has 0 amide bonds. The third-order valence-corrected chi connectivity index (χ3v) is 4.20. The molecule has 2 nitrogen and oxygen atoms in total. The van der Waals surface area contributed by atoms with Crippen LogP contribution in [0.1, 0.15) is 0 Å². The zero-order chi connectivity index (χ0) is 9.03. The molecule has 3 heteroatoms. The van der Waals surface area contributed by atoms with Gasteiger partial charge in [-0.25, -0.2) is 9.45 Å². The lowest BCUT2D eigenvalue weighted by molar-refractivity contribution is 0.566. The van der Waals surface area contributed by atoms with Crippen LogP contribution in [0.25, 0.3) is 0 Å². The van der Waals surface area contributed by atoms with Crippen LogP contribution in [0.3, 0.4) is 0 Å². The topological polar surface area (TPSA) is 29.4 Å². The minimum absolute atomic E-state index is 1.16. The van der Waals surface area contributed by atoms with E-state index in [1.54, 1.807) is 6.08 Å². The molecule has 0 spiro atoms. The quantitative estimate of drug-likeness (QED) is 0.382. The first-order valence-electron chi connectivity index (χ1n) is 3.81. The lowest BCUT2D eigenvalue weighted by Gasteiger charge is -2.13. The molecule has 0 saturated heterocycles. The van der Waals surface area contributed by atoms with Gasteiger partial charge in [0.1, 0.15) is 0 Å². The molecule has 0 heterocycles. The van der Waals surface area contributed by atoms with Crippen molar-refractivity contribution >= 4 is 19.5 Å². The monoisotopic (exact) mass is 177 g/mol. The molecule has 0 bridgehead atoms. The van der Waals surface area contributed by atoms with Crippen molar-refractivity contribution in [2.24, 2.45) is 4.66 Å². The molecule has 0 aliphatic heterocycles. The fourth-order valence-corrected chi connectivity index (χ4v) is 2.39. The van der Waals surface area contributed by atoms with Gasteiger partial charge in [-0.15, -0.1) is 0 Å². The number of nitrogens with zero attached hydrogens (tertiary/aromatic N) is 1. The summed E-state index contributed by atoms with van der Waals surface area (Å²) in [6.45, 7) is 4.04. The van der Waals surface area contributed by atoms with Crippen molar-refractivity contribution in [3.8, 4) is 0 Å². The number of isocyanates is 1. The normalized spacial score (nSPS) is 10.5. The molecule has 0 atom stereocenters. The number of hydrogen-bond acceptors (Lipinski definition) is 2. The molecule has 0 radical (unpaired) electrons. The zero-order valence-electron chi connectivity index (χ0n) is 7.24. The molecule has 1 aromatic carbocycles. The summed E-state index contributed by atoms with van der Waals surface area (Å²) in [5.41, 5.74) is 0. The summed E-state index contributed by atoms with van der Waals surface area (Å²) in [5.74, 6) is 0. The predicted octanol–water partition coefficient (Wildman–Crippen LogP) is 1.43. The maximum Gasteiger partial charge on any atom is 0.225 e. The molecular weight excluding hydrogens is 166 g/mol. The van der Waals surface area contributed by atoms with Gasteiger partial charge in [0.15, 0.2) is 0 Å². The van der Waals surface area contributed by atoms with Crippen LogP contribution in [-0.4, -0.2) is 14.3 Å². The molecule has 12 heavy (non-hydrogen) atoms. The Morgan fingerprint density at radius 1 is 1.25 bits per heavy atom. The second kappa shape index (κ2) is 3.48. The van der Waals surface area contributed by atoms with Crippen molar-refractivity contribution in [1.82, 2.24) is 0 Å². The molecule has 62 valence electrons. The Labute approximate surface area is 73.0 Å². The van der Waals surface area contributed by atoms with E-state index in [0.717, 1.165) is 5.19 Å². The average Bonchev–Trinajstić information content (AvgIpc) is 2.06. The van der Waals surface area contributed by atoms with Crippen molar-refractivity contribution in [3.05, 3.63) is 30.3 Å². The van der Waals surface area contributed by atoms with Gasteiger partial charge < -0.3 is 0 Å². The van der Waals surface area contributed by atoms with Crippen molar-refractivity contribution < 1.29 is 4.79 Å². The van der Waals surface area contributed by atoms with E-state index in [9.17, 15) is 4.79 Å². The molecule has 0 aromatic heterocycles. The van der Waals surface area contributed by atoms with Gasteiger partial charge in [-0.05, 0) is 18.3 Å². The van der Waals surface area contributed by atoms with E-state index < -0.39 is 8.24 Å². The van der Waals surface area contributed by atoms with Gasteiger partial charge in [0, 0.05) is 0 Å². The average molecular weight is 177 g/mol. The summed E-state index contributed by atoms with van der Waals surface area (Å²) in [4.78, 5) is 10.1. The zero-order valence-corrected chi connectivity index (χ0v) is 8.24. The maximum absolute atomic E-state index is 10.1. The minimum atomic E-state index is -1.88. The number of rotatable bonds is 2. The predicted molar refractivity (Wildman–Crippen MR) is 51.7 cm³/mol. The van der Waals surface area contributed by atoms with E-state index in [1.807, 2.05) is 43.4 Å². The SMILES string of the molecule is C[Si](C)(N=C=O)c1ccccc1. The van der Waals surface area contributed by atoms with Crippen LogP contribution >= 0.6 is 0 Å². The Morgan fingerprint density at radius 2 is 1.83 bits per heavy atom. The summed E-state index contributed by atoms with van der Waals surface area (Å²) in [5, 5.41) is 1.16. The van der Waals surface area contributed by atoms with Crippen LogP contribution in [0, 0.1) is 0 Å². The van der Waals surface area contributed by atoms with E-state index in [1.165, 1.54) is 0 Å². The lowest BCUT2D eigenvalue weighted by atomic mass is 10.4. The first-order valence-corrected chi connectivity index (χ1v) is 6.76. The van der Waals surface area contributed by atoms with Gasteiger partial charge in [-0.2, -0.15) is 0 Å². The standard InChI is InChI=1S/C9H11NOSi/c1-12(2,10-8-11)9-6-4-3-5-7-9/h3-7H,1-2H3. The Balaban J connectivity index is 3.05. The summed E-state index contributed by atoms with van der Waals surface area (Å²) >= 11 is 0. The van der Waals surface area contributed by atoms with Crippen LogP contribution in [0.4, 0.5) is 0 Å². The molecule has 0 unspecified atom stereocenters. The van der Waals surface area contributed by atoms with Crippen LogP contribution in [-0.2, 0) is 4.79 Å². The lowest BCUT2D eigenvalue weighted by Crippen LogP contribution is -2.39. The van der Waals surface area contributed by atoms with E-state index in [-0.39, 0.29) is 0 Å². The van der Waals surface area contributed by atoms with Crippen molar-refractivity contribution in [2.45, 2.75) is 13.1 Å². The van der Waals surface area contributed by atoms with Crippen molar-refractivity contribution in [1.29, 1.82) is 0 Å². The highest BCUT2D eigenvalue weighted by molar-refractivity contribution is 6.88. The largest absolute Gasteiger partial charge is 0.242 e. The molecule has 0 aliphatic rings. The molecule has 0 aliphatic carbocycles. The Morgan fingerprint density at radius 3 is 2.33 bits per heavy atom. The van der Waals surface area contributed by atoms with E-state index >= 15 is 0 Å². The number of hydrogen-bond donors (Lipinski definition) is 0. The highest BCUT2D eigenvalue weighted by Crippen LogP contribution is 2.02. The van der Waals surface area contributed by atoms with Gasteiger partial charge in [0.05, 0.1) is 0 Å². The van der Waals surface area contributed by atoms with Gasteiger partial charge in [-0.1, -0.05) is 30.3 Å². The van der Waals surface area contributed by atoms with Crippen LogP contribution in [0.2, 0.25) is 13.1 Å². The smallest absolute Gasteiger partial charge is 0.225 e. The third kappa shape index (κ3) is 1.90. The highest BCUT2D eigenvalue weighted by Gasteiger charge is 2.22. The molecule has 1 aromatic rings. The van der Waals surface area contributed by atoms with E-state index in [4.69, 9.17) is 0 Å². The highest BCUT2D eigenvalue weighted by atomic mass is 28.3. The summed E-state index contributed by atoms with van der Waals surface area (Å²) in [6, 6.07) is 9.90. The summed E-state index contributed by atoms with van der Waals surface area (Å²) in [7, 11) is -1.88. The molecule has 0 saturated carbocycles. The molecule has 0 fully saturated rings. The Hall–Kier alpha value is -1.18. The fourth-order valence-electron chi connectivity index (χ4n) is 1.02. The van der Waals surface area contributed by atoms with Gasteiger partial charge in [-0.3, -0.25) is 0 Å². The second-order valence-corrected chi connectivity index (χ2v) is 7.05. The van der Waals surface area contributed by atoms with E-state index in [2.05, 4.69) is 4.66 Å². The van der Waals surface area contributed by atoms with Gasteiger partial charge in [0.25, 0.3) is 0 Å².